The maximum atomic E-state index is 11.8. The quantitative estimate of drug-likeness (QED) is 0.683. The highest BCUT2D eigenvalue weighted by molar-refractivity contribution is 5.99. The lowest BCUT2D eigenvalue weighted by molar-refractivity contribution is -0.672. The molecule has 0 spiro atoms. The van der Waals surface area contributed by atoms with Gasteiger partial charge in [-0.15, -0.1) is 0 Å². The number of aliphatic imine (C=N–C) groups is 1. The maximum Gasteiger partial charge on any atom is 0.261 e. The predicted molar refractivity (Wildman–Crippen MR) is 87.3 cm³/mol. The Balaban J connectivity index is 2.54. The Kier molecular flexibility index (Phi) is 4.48. The van der Waals surface area contributed by atoms with E-state index in [9.17, 15) is 4.79 Å². The van der Waals surface area contributed by atoms with Crippen molar-refractivity contribution in [2.75, 3.05) is 0 Å². The molecule has 0 fully saturated rings. The Morgan fingerprint density at radius 2 is 2.14 bits per heavy atom. The van der Waals surface area contributed by atoms with Crippen LogP contribution in [0.2, 0.25) is 0 Å². The summed E-state index contributed by atoms with van der Waals surface area (Å²) in [6, 6.07) is 3.94. The van der Waals surface area contributed by atoms with Gasteiger partial charge < -0.3 is 4.98 Å². The van der Waals surface area contributed by atoms with Gasteiger partial charge in [0.25, 0.3) is 5.56 Å². The molecule has 4 nitrogen and oxygen atoms in total. The number of rotatable bonds is 3. The molecule has 21 heavy (non-hydrogen) atoms. The van der Waals surface area contributed by atoms with Crippen LogP contribution in [0.25, 0.3) is 16.3 Å². The zero-order chi connectivity index (χ0) is 15.4. The molecule has 0 radical (unpaired) electrons. The van der Waals surface area contributed by atoms with E-state index < -0.39 is 0 Å². The molecule has 0 atom stereocenters. The van der Waals surface area contributed by atoms with Gasteiger partial charge in [-0.1, -0.05) is 6.08 Å². The number of hydrogen-bond acceptors (Lipinski definition) is 2. The number of hydrogen-bond donors (Lipinski definition) is 1. The van der Waals surface area contributed by atoms with E-state index in [2.05, 4.69) is 9.98 Å². The first kappa shape index (κ1) is 14.9. The molecular weight excluding hydrogens is 262 g/mol. The summed E-state index contributed by atoms with van der Waals surface area (Å²) in [5.74, 6) is 0. The van der Waals surface area contributed by atoms with Gasteiger partial charge in [-0.25, -0.2) is 4.57 Å². The van der Waals surface area contributed by atoms with Crippen LogP contribution in [0.1, 0.15) is 26.5 Å². The summed E-state index contributed by atoms with van der Waals surface area (Å²) in [5, 5.41) is 1.62. The molecule has 0 saturated carbocycles. The summed E-state index contributed by atoms with van der Waals surface area (Å²) in [6.07, 6.45) is 9.24. The van der Waals surface area contributed by atoms with Crippen molar-refractivity contribution in [2.45, 2.75) is 20.8 Å². The third kappa shape index (κ3) is 3.34. The number of nitrogens with zero attached hydrogens (tertiary/aromatic N) is 2. The Morgan fingerprint density at radius 3 is 2.86 bits per heavy atom. The lowest BCUT2D eigenvalue weighted by atomic mass is 10.1. The second kappa shape index (κ2) is 6.31. The number of aromatic amines is 1. The van der Waals surface area contributed by atoms with Crippen molar-refractivity contribution in [3.05, 3.63) is 58.9 Å². The molecule has 2 aromatic rings. The van der Waals surface area contributed by atoms with Gasteiger partial charge in [0.1, 0.15) is 12.4 Å². The lowest BCUT2D eigenvalue weighted by Crippen LogP contribution is -2.33. The Labute approximate surface area is 124 Å². The molecule has 0 aliphatic carbocycles. The Morgan fingerprint density at radius 1 is 1.38 bits per heavy atom. The van der Waals surface area contributed by atoms with E-state index in [0.717, 1.165) is 22.4 Å². The zero-order valence-electron chi connectivity index (χ0n) is 12.8. The monoisotopic (exact) mass is 282 g/mol. The molecule has 1 N–H and O–H groups in total. The van der Waals surface area contributed by atoms with Crippen LogP contribution in [0.4, 0.5) is 0 Å². The van der Waals surface area contributed by atoms with E-state index in [4.69, 9.17) is 0 Å². The van der Waals surface area contributed by atoms with Crippen LogP contribution in [0.15, 0.2) is 52.7 Å². The molecular formula is C17H20N3O+. The van der Waals surface area contributed by atoms with Gasteiger partial charge in [0.15, 0.2) is 6.20 Å². The minimum absolute atomic E-state index is 0.0675. The van der Waals surface area contributed by atoms with Crippen LogP contribution in [-0.4, -0.2) is 10.7 Å². The van der Waals surface area contributed by atoms with E-state index in [0.29, 0.717) is 5.39 Å². The number of pyridine rings is 2. The van der Waals surface area contributed by atoms with Gasteiger partial charge >= 0.3 is 0 Å². The largest absolute Gasteiger partial charge is 0.328 e. The van der Waals surface area contributed by atoms with Crippen molar-refractivity contribution in [1.29, 1.82) is 0 Å². The van der Waals surface area contributed by atoms with Gasteiger partial charge in [-0.05, 0) is 32.9 Å². The number of H-pyrrole nitrogens is 1. The molecule has 0 amide bonds. The van der Waals surface area contributed by atoms with Crippen molar-refractivity contribution in [2.24, 2.45) is 12.0 Å². The normalized spacial score (nSPS) is 13.3. The molecule has 108 valence electrons. The summed E-state index contributed by atoms with van der Waals surface area (Å²) in [6.45, 7) is 5.95. The minimum Gasteiger partial charge on any atom is -0.328 e. The maximum absolute atomic E-state index is 11.8. The van der Waals surface area contributed by atoms with Gasteiger partial charge in [0.2, 0.25) is 5.69 Å². The topological polar surface area (TPSA) is 49.1 Å². The van der Waals surface area contributed by atoms with E-state index in [1.165, 1.54) is 0 Å². The van der Waals surface area contributed by atoms with Crippen LogP contribution in [-0.2, 0) is 7.05 Å². The fourth-order valence-corrected chi connectivity index (χ4v) is 2.29. The summed E-state index contributed by atoms with van der Waals surface area (Å²) in [7, 11) is 1.94. The lowest BCUT2D eigenvalue weighted by Gasteiger charge is -2.03. The summed E-state index contributed by atoms with van der Waals surface area (Å²) in [4.78, 5) is 18.8. The number of nitrogens with one attached hydrogen (secondary N) is 1. The molecule has 2 aromatic heterocycles. The first-order valence-electron chi connectivity index (χ1n) is 6.88. The highest BCUT2D eigenvalue weighted by Gasteiger charge is 2.12. The highest BCUT2D eigenvalue weighted by Crippen LogP contribution is 2.14. The van der Waals surface area contributed by atoms with E-state index in [-0.39, 0.29) is 5.56 Å². The highest BCUT2D eigenvalue weighted by atomic mass is 16.1. The molecule has 0 unspecified atom stereocenters. The second-order valence-electron chi connectivity index (χ2n) is 5.03. The van der Waals surface area contributed by atoms with Gasteiger partial charge in [-0.2, -0.15) is 0 Å². The fraction of sp³-hybridized carbons (Fsp3) is 0.235. The number of allylic oxidation sites excluding steroid dienone is 3. The van der Waals surface area contributed by atoms with Crippen molar-refractivity contribution < 1.29 is 4.57 Å². The Bertz CT molecular complexity index is 810. The third-order valence-electron chi connectivity index (χ3n) is 3.28. The average molecular weight is 282 g/mol. The van der Waals surface area contributed by atoms with E-state index >= 15 is 0 Å². The fourth-order valence-electron chi connectivity index (χ4n) is 2.29. The first-order valence-corrected chi connectivity index (χ1v) is 6.88. The molecule has 0 bridgehead atoms. The van der Waals surface area contributed by atoms with Crippen LogP contribution < -0.4 is 10.1 Å². The smallest absolute Gasteiger partial charge is 0.261 e. The summed E-state index contributed by atoms with van der Waals surface area (Å²) >= 11 is 0. The van der Waals surface area contributed by atoms with Crippen LogP contribution in [0.5, 0.6) is 0 Å². The molecule has 0 saturated heterocycles. The molecule has 0 aromatic carbocycles. The molecule has 4 heteroatoms. The van der Waals surface area contributed by atoms with Crippen molar-refractivity contribution in [3.8, 4) is 0 Å². The number of fused-ring (bicyclic) bond motifs is 1. The van der Waals surface area contributed by atoms with Crippen molar-refractivity contribution in [1.82, 2.24) is 4.98 Å². The molecule has 2 rings (SSSR count). The summed E-state index contributed by atoms with van der Waals surface area (Å²) < 4.78 is 1.96. The van der Waals surface area contributed by atoms with Gasteiger partial charge in [0, 0.05) is 35.1 Å². The second-order valence-corrected chi connectivity index (χ2v) is 5.03. The Hall–Kier alpha value is -2.49. The number of aromatic nitrogens is 2. The molecule has 0 aliphatic heterocycles. The minimum atomic E-state index is -0.0675. The standard InChI is InChI=1S/C17H19N3O/c1-5-7-18-13(3)9-12(2)16-10-14-6-8-19-17(21)15(14)11-20(16)4/h5-11H,1-4H3/p+1/b7-5-,12-9+,18-13-. The van der Waals surface area contributed by atoms with Crippen molar-refractivity contribution >= 4 is 22.1 Å². The van der Waals surface area contributed by atoms with Gasteiger partial charge in [-0.3, -0.25) is 9.79 Å². The van der Waals surface area contributed by atoms with E-state index in [1.54, 1.807) is 12.4 Å². The van der Waals surface area contributed by atoms with Crippen LogP contribution >= 0.6 is 0 Å². The molecule has 2 heterocycles. The van der Waals surface area contributed by atoms with Gasteiger partial charge in [0.05, 0.1) is 0 Å². The van der Waals surface area contributed by atoms with Crippen LogP contribution in [0.3, 0.4) is 0 Å². The average Bonchev–Trinajstić information content (AvgIpc) is 2.45. The van der Waals surface area contributed by atoms with Crippen LogP contribution in [0, 0.1) is 0 Å². The first-order chi connectivity index (χ1) is 10.0. The number of aryl methyl sites for hydroxylation is 1. The predicted octanol–water partition coefficient (Wildman–Crippen LogP) is 2.75. The SMILES string of the molecule is C\C=C/N=C(C)\C=C(/C)c1cc2cc[nH]c(=O)c2c[n+]1C. The third-order valence-corrected chi connectivity index (χ3v) is 3.28. The summed E-state index contributed by atoms with van der Waals surface area (Å²) in [5.41, 5.74) is 3.03. The molecule has 0 aliphatic rings. The van der Waals surface area contributed by atoms with E-state index in [1.807, 2.05) is 62.9 Å². The van der Waals surface area contributed by atoms with Crippen molar-refractivity contribution in [3.63, 3.8) is 0 Å². The zero-order valence-corrected chi connectivity index (χ0v) is 12.8.